The summed E-state index contributed by atoms with van der Waals surface area (Å²) in [6, 6.07) is 12.0. The van der Waals surface area contributed by atoms with Crippen LogP contribution in [0.25, 0.3) is 22.3 Å². The van der Waals surface area contributed by atoms with Crippen LogP contribution in [-0.2, 0) is 19.1 Å². The van der Waals surface area contributed by atoms with Crippen LogP contribution in [0.3, 0.4) is 0 Å². The summed E-state index contributed by atoms with van der Waals surface area (Å²) in [5.74, 6) is 7.58. The summed E-state index contributed by atoms with van der Waals surface area (Å²) in [4.78, 5) is 72.4. The number of fused-ring (bicyclic) bond motifs is 1. The fourth-order valence-corrected chi connectivity index (χ4v) is 8.68. The quantitative estimate of drug-likeness (QED) is 0.145. The lowest BCUT2D eigenvalue weighted by Gasteiger charge is -2.30. The fraction of sp³-hybridized carbons (Fsp3) is 0.500. The van der Waals surface area contributed by atoms with Crippen LogP contribution >= 0.6 is 0 Å². The molecular formula is C44H52N8O6. The molecule has 0 bridgehead atoms. The van der Waals surface area contributed by atoms with E-state index in [1.165, 1.54) is 14.2 Å². The molecule has 2 aromatic carbocycles. The maximum Gasteiger partial charge on any atom is 0.407 e. The van der Waals surface area contributed by atoms with Crippen LogP contribution < -0.4 is 10.6 Å². The normalized spacial score (nSPS) is 20.9. The van der Waals surface area contributed by atoms with Crippen molar-refractivity contribution < 1.29 is 28.7 Å². The first-order valence-electron chi connectivity index (χ1n) is 20.3. The van der Waals surface area contributed by atoms with Crippen molar-refractivity contribution >= 4 is 35.0 Å². The molecule has 4 fully saturated rings. The number of ether oxygens (including phenoxy) is 2. The zero-order chi connectivity index (χ0) is 40.9. The second kappa shape index (κ2) is 15.2. The van der Waals surface area contributed by atoms with Crippen molar-refractivity contribution in [1.82, 2.24) is 40.4 Å². The Kier molecular flexibility index (Phi) is 10.2. The zero-order valence-electron chi connectivity index (χ0n) is 34.0. The zero-order valence-corrected chi connectivity index (χ0v) is 34.0. The molecule has 4 N–H and O–H groups in total. The van der Waals surface area contributed by atoms with Crippen molar-refractivity contribution in [2.45, 2.75) is 90.4 Å². The average molecular weight is 789 g/mol. The van der Waals surface area contributed by atoms with Crippen molar-refractivity contribution in [3.63, 3.8) is 0 Å². The standard InChI is InChI=1S/C44H52N8O6/c1-25(2)35(49-41(55)57-5)39(53)51-23-43(15-16-43)20-33(51)37-45-22-32(48-37)29-12-9-27(10-13-29)7-8-28-11-14-30-31(19-28)47-38(46-30)34-21-44(17-18-44)24-52(34)40(54)36(26(3)4)50-42(56)58-6/h9-14,19,22,25-26,33-36H,15-18,20-21,23-24H2,1-6H3,(H,45,48)(H,46,47)(H,49,55)(H,50,56)/t33-,34-,35-,36-/m0/s1. The number of H-pyrrole nitrogens is 2. The van der Waals surface area contributed by atoms with Crippen molar-refractivity contribution in [3.05, 3.63) is 71.4 Å². The third-order valence-corrected chi connectivity index (χ3v) is 12.5. The van der Waals surface area contributed by atoms with Gasteiger partial charge in [0, 0.05) is 36.0 Å². The van der Waals surface area contributed by atoms with Gasteiger partial charge >= 0.3 is 12.2 Å². The van der Waals surface area contributed by atoms with Crippen LogP contribution in [-0.4, -0.2) is 93.1 Å². The summed E-state index contributed by atoms with van der Waals surface area (Å²) in [5.41, 5.74) is 5.24. The van der Waals surface area contributed by atoms with Gasteiger partial charge in [0.25, 0.3) is 0 Å². The lowest BCUT2D eigenvalue weighted by Crippen LogP contribution is -2.51. The molecule has 2 saturated carbocycles. The number of imidazole rings is 2. The largest absolute Gasteiger partial charge is 0.453 e. The van der Waals surface area contributed by atoms with E-state index < -0.39 is 24.3 Å². The molecule has 14 nitrogen and oxygen atoms in total. The Balaban J connectivity index is 0.958. The highest BCUT2D eigenvalue weighted by molar-refractivity contribution is 5.87. The van der Waals surface area contributed by atoms with Gasteiger partial charge < -0.3 is 39.9 Å². The van der Waals surface area contributed by atoms with Gasteiger partial charge in [-0.2, -0.15) is 0 Å². The number of rotatable bonds is 9. The molecule has 58 heavy (non-hydrogen) atoms. The number of nitrogens with one attached hydrogen (secondary N) is 4. The van der Waals surface area contributed by atoms with Gasteiger partial charge in [0.1, 0.15) is 23.7 Å². The second-order valence-electron chi connectivity index (χ2n) is 17.4. The van der Waals surface area contributed by atoms with Gasteiger partial charge in [0.15, 0.2) is 0 Å². The smallest absolute Gasteiger partial charge is 0.407 e. The van der Waals surface area contributed by atoms with Gasteiger partial charge in [-0.25, -0.2) is 19.6 Å². The van der Waals surface area contributed by atoms with E-state index >= 15 is 0 Å². The molecule has 0 unspecified atom stereocenters. The van der Waals surface area contributed by atoms with E-state index in [4.69, 9.17) is 19.4 Å². The first-order chi connectivity index (χ1) is 27.8. The Morgan fingerprint density at radius 3 is 1.78 bits per heavy atom. The van der Waals surface area contributed by atoms with E-state index in [0.717, 1.165) is 83.6 Å². The van der Waals surface area contributed by atoms with Crippen molar-refractivity contribution in [3.8, 4) is 23.1 Å². The van der Waals surface area contributed by atoms with Crippen molar-refractivity contribution in [1.29, 1.82) is 0 Å². The van der Waals surface area contributed by atoms with E-state index in [2.05, 4.69) is 32.4 Å². The second-order valence-corrected chi connectivity index (χ2v) is 17.4. The Labute approximate surface area is 338 Å². The van der Waals surface area contributed by atoms with Crippen LogP contribution in [0.4, 0.5) is 9.59 Å². The number of amides is 4. The number of hydrogen-bond acceptors (Lipinski definition) is 8. The van der Waals surface area contributed by atoms with Crippen LogP contribution in [0.1, 0.15) is 101 Å². The number of alkyl carbamates (subject to hydrolysis) is 2. The highest BCUT2D eigenvalue weighted by Gasteiger charge is 2.56. The molecule has 2 spiro atoms. The number of hydrogen-bond donors (Lipinski definition) is 4. The Morgan fingerprint density at radius 2 is 1.26 bits per heavy atom. The number of carbonyl (C=O) groups excluding carboxylic acids is 4. The predicted octanol–water partition coefficient (Wildman–Crippen LogP) is 6.22. The Hall–Kier alpha value is -5.84. The molecule has 304 valence electrons. The van der Waals surface area contributed by atoms with Crippen molar-refractivity contribution in [2.75, 3.05) is 27.3 Å². The molecule has 0 radical (unpaired) electrons. The molecule has 2 aromatic heterocycles. The fourth-order valence-electron chi connectivity index (χ4n) is 8.68. The number of likely N-dealkylation sites (tertiary alicyclic amines) is 2. The number of nitrogens with zero attached hydrogens (tertiary/aromatic N) is 4. The number of aromatic nitrogens is 4. The van der Waals surface area contributed by atoms with Gasteiger partial charge in [-0.15, -0.1) is 0 Å². The average Bonchev–Trinajstić information content (AvgIpc) is 3.83. The van der Waals surface area contributed by atoms with Gasteiger partial charge in [0.05, 0.1) is 43.0 Å². The number of methoxy groups -OCH3 is 2. The number of carbonyl (C=O) groups is 4. The molecule has 4 amide bonds. The lowest BCUT2D eigenvalue weighted by atomic mass is 10.0. The van der Waals surface area contributed by atoms with Crippen LogP contribution in [0.5, 0.6) is 0 Å². The van der Waals surface area contributed by atoms with E-state index in [1.54, 1.807) is 0 Å². The lowest BCUT2D eigenvalue weighted by molar-refractivity contribution is -0.136. The summed E-state index contributed by atoms with van der Waals surface area (Å²) < 4.78 is 9.61. The number of benzene rings is 2. The highest BCUT2D eigenvalue weighted by Crippen LogP contribution is 2.59. The summed E-state index contributed by atoms with van der Waals surface area (Å²) in [6.45, 7) is 8.96. The maximum absolute atomic E-state index is 13.9. The van der Waals surface area contributed by atoms with E-state index in [0.29, 0.717) is 13.1 Å². The molecule has 4 atom stereocenters. The predicted molar refractivity (Wildman–Crippen MR) is 216 cm³/mol. The molecule has 8 rings (SSSR count). The van der Waals surface area contributed by atoms with E-state index in [9.17, 15) is 19.2 Å². The van der Waals surface area contributed by atoms with Gasteiger partial charge in [-0.05, 0) is 91.5 Å². The van der Waals surface area contributed by atoms with E-state index in [1.807, 2.05) is 86.2 Å². The van der Waals surface area contributed by atoms with Gasteiger partial charge in [-0.3, -0.25) is 9.59 Å². The summed E-state index contributed by atoms with van der Waals surface area (Å²) in [7, 11) is 2.60. The minimum atomic E-state index is -0.696. The molecule has 4 aliphatic rings. The molecule has 4 heterocycles. The van der Waals surface area contributed by atoms with Gasteiger partial charge in [0.2, 0.25) is 11.8 Å². The first kappa shape index (κ1) is 39.0. The third-order valence-electron chi connectivity index (χ3n) is 12.5. The molecule has 2 aliphatic heterocycles. The van der Waals surface area contributed by atoms with E-state index in [-0.39, 0.29) is 46.6 Å². The SMILES string of the molecule is COC(=O)N[C@H](C(=O)N1CC2(CC2)C[C@H]1c1nc(-c2ccc(C#Cc3ccc4[nH]c([C@@H]5CC6(CC6)CN5C(=O)[C@@H](NC(=O)OC)C(C)C)nc4c3)cc2)c[nH]1)C(C)C. The molecule has 4 aromatic rings. The third kappa shape index (κ3) is 7.74. The monoisotopic (exact) mass is 788 g/mol. The van der Waals surface area contributed by atoms with Gasteiger partial charge in [-0.1, -0.05) is 51.7 Å². The summed E-state index contributed by atoms with van der Waals surface area (Å²) in [6.07, 6.45) is 6.62. The summed E-state index contributed by atoms with van der Waals surface area (Å²) in [5, 5.41) is 5.48. The van der Waals surface area contributed by atoms with Crippen LogP contribution in [0.15, 0.2) is 48.7 Å². The van der Waals surface area contributed by atoms with Crippen LogP contribution in [0.2, 0.25) is 0 Å². The Morgan fingerprint density at radius 1 is 0.741 bits per heavy atom. The molecule has 2 saturated heterocycles. The maximum atomic E-state index is 13.9. The minimum absolute atomic E-state index is 0.109. The minimum Gasteiger partial charge on any atom is -0.453 e. The highest BCUT2D eigenvalue weighted by atomic mass is 16.5. The number of aromatic amines is 2. The van der Waals surface area contributed by atoms with Crippen molar-refractivity contribution in [2.24, 2.45) is 22.7 Å². The van der Waals surface area contributed by atoms with Crippen LogP contribution in [0, 0.1) is 34.5 Å². The Bertz CT molecular complexity index is 2290. The summed E-state index contributed by atoms with van der Waals surface area (Å²) >= 11 is 0. The first-order valence-corrected chi connectivity index (χ1v) is 20.3. The molecule has 2 aliphatic carbocycles. The topological polar surface area (TPSA) is 175 Å². The molecule has 14 heteroatoms. The molecular weight excluding hydrogens is 737 g/mol.